The summed E-state index contributed by atoms with van der Waals surface area (Å²) in [7, 11) is 0. The number of benzene rings is 2. The third-order valence-corrected chi connectivity index (χ3v) is 5.27. The molecule has 2 aromatic carbocycles. The fourth-order valence-electron chi connectivity index (χ4n) is 3.98. The van der Waals surface area contributed by atoms with Gasteiger partial charge in [0.15, 0.2) is 0 Å². The summed E-state index contributed by atoms with van der Waals surface area (Å²) in [6.07, 6.45) is 4.01. The summed E-state index contributed by atoms with van der Waals surface area (Å²) in [6.45, 7) is 3.38. The highest BCUT2D eigenvalue weighted by molar-refractivity contribution is 5.85. The van der Waals surface area contributed by atoms with Crippen molar-refractivity contribution in [2.24, 2.45) is 0 Å². The van der Waals surface area contributed by atoms with E-state index in [1.807, 2.05) is 12.4 Å². The van der Waals surface area contributed by atoms with Gasteiger partial charge in [0.1, 0.15) is 0 Å². The second kappa shape index (κ2) is 6.56. The van der Waals surface area contributed by atoms with Gasteiger partial charge < -0.3 is 9.72 Å². The molecule has 4 nitrogen and oxygen atoms in total. The van der Waals surface area contributed by atoms with Crippen LogP contribution in [0.2, 0.25) is 0 Å². The van der Waals surface area contributed by atoms with Gasteiger partial charge in [-0.15, -0.1) is 0 Å². The molecule has 1 aliphatic rings. The molecule has 4 heteroatoms. The largest absolute Gasteiger partial charge is 0.379 e. The van der Waals surface area contributed by atoms with E-state index in [0.717, 1.165) is 32.0 Å². The van der Waals surface area contributed by atoms with Crippen LogP contribution in [0.25, 0.3) is 21.7 Å². The van der Waals surface area contributed by atoms with Gasteiger partial charge in [-0.3, -0.25) is 9.88 Å². The van der Waals surface area contributed by atoms with Crippen molar-refractivity contribution < 1.29 is 4.74 Å². The van der Waals surface area contributed by atoms with Gasteiger partial charge >= 0.3 is 0 Å². The van der Waals surface area contributed by atoms with Crippen molar-refractivity contribution in [1.29, 1.82) is 0 Å². The Hall–Kier alpha value is -2.69. The molecule has 3 heterocycles. The molecule has 0 saturated carbocycles. The van der Waals surface area contributed by atoms with Gasteiger partial charge in [-0.1, -0.05) is 36.4 Å². The van der Waals surface area contributed by atoms with Crippen molar-refractivity contribution in [2.45, 2.75) is 6.04 Å². The van der Waals surface area contributed by atoms with Crippen LogP contribution in [0.4, 0.5) is 0 Å². The Balaban J connectivity index is 1.69. The van der Waals surface area contributed by atoms with E-state index in [1.54, 1.807) is 0 Å². The van der Waals surface area contributed by atoms with Crippen molar-refractivity contribution in [3.63, 3.8) is 0 Å². The lowest BCUT2D eigenvalue weighted by Gasteiger charge is -2.35. The molecule has 130 valence electrons. The highest BCUT2D eigenvalue weighted by Crippen LogP contribution is 2.34. The predicted octanol–water partition coefficient (Wildman–Crippen LogP) is 4.14. The zero-order chi connectivity index (χ0) is 17.3. The van der Waals surface area contributed by atoms with Crippen molar-refractivity contribution >= 4 is 21.7 Å². The molecule has 26 heavy (non-hydrogen) atoms. The minimum Gasteiger partial charge on any atom is -0.379 e. The molecule has 4 aromatic rings. The van der Waals surface area contributed by atoms with Crippen LogP contribution in [0, 0.1) is 0 Å². The average Bonchev–Trinajstić information content (AvgIpc) is 3.19. The van der Waals surface area contributed by atoms with Crippen molar-refractivity contribution in [2.75, 3.05) is 26.3 Å². The number of aromatic nitrogens is 2. The van der Waals surface area contributed by atoms with E-state index in [4.69, 9.17) is 9.72 Å². The van der Waals surface area contributed by atoms with Crippen molar-refractivity contribution in [3.05, 3.63) is 78.2 Å². The lowest BCUT2D eigenvalue weighted by atomic mass is 9.96. The van der Waals surface area contributed by atoms with E-state index in [1.165, 1.54) is 27.2 Å². The van der Waals surface area contributed by atoms with E-state index >= 15 is 0 Å². The third-order valence-electron chi connectivity index (χ3n) is 5.27. The monoisotopic (exact) mass is 343 g/mol. The first-order chi connectivity index (χ1) is 12.9. The third kappa shape index (κ3) is 2.68. The Morgan fingerprint density at radius 3 is 2.69 bits per heavy atom. The number of nitrogens with one attached hydrogen (secondary N) is 1. The summed E-state index contributed by atoms with van der Waals surface area (Å²) < 4.78 is 5.60. The number of hydrogen-bond acceptors (Lipinski definition) is 3. The van der Waals surface area contributed by atoms with Gasteiger partial charge in [-0.05, 0) is 29.1 Å². The van der Waals surface area contributed by atoms with E-state index in [9.17, 15) is 0 Å². The number of pyridine rings is 1. The highest BCUT2D eigenvalue weighted by Gasteiger charge is 2.27. The number of aromatic amines is 1. The normalized spacial score (nSPS) is 16.9. The molecule has 2 aromatic heterocycles. The molecule has 0 spiro atoms. The predicted molar refractivity (Wildman–Crippen MR) is 104 cm³/mol. The zero-order valence-corrected chi connectivity index (χ0v) is 14.6. The molecule has 5 rings (SSSR count). The lowest BCUT2D eigenvalue weighted by molar-refractivity contribution is 0.0235. The molecular weight excluding hydrogens is 322 g/mol. The maximum atomic E-state index is 5.60. The van der Waals surface area contributed by atoms with Crippen LogP contribution in [0.1, 0.15) is 17.3 Å². The fraction of sp³-hybridized carbons (Fsp3) is 0.227. The molecule has 0 amide bonds. The number of H-pyrrole nitrogens is 1. The first-order valence-corrected chi connectivity index (χ1v) is 9.13. The molecular formula is C22H21N3O. The SMILES string of the molecule is c1ccc2cc(C(c3cccc4[nH]ccc34)N3CCOCC3)ncc2c1. The van der Waals surface area contributed by atoms with Crippen LogP contribution < -0.4 is 0 Å². The van der Waals surface area contributed by atoms with Gasteiger partial charge in [0.2, 0.25) is 0 Å². The Kier molecular flexibility index (Phi) is 3.92. The minimum atomic E-state index is 0.128. The molecule has 0 radical (unpaired) electrons. The number of morpholine rings is 1. The molecule has 0 bridgehead atoms. The summed E-state index contributed by atoms with van der Waals surface area (Å²) in [5.41, 5.74) is 3.56. The maximum absolute atomic E-state index is 5.60. The molecule has 1 N–H and O–H groups in total. The summed E-state index contributed by atoms with van der Waals surface area (Å²) in [5, 5.41) is 3.67. The van der Waals surface area contributed by atoms with Crippen molar-refractivity contribution in [3.8, 4) is 0 Å². The lowest BCUT2D eigenvalue weighted by Crippen LogP contribution is -2.39. The van der Waals surface area contributed by atoms with E-state index in [0.29, 0.717) is 0 Å². The second-order valence-electron chi connectivity index (χ2n) is 6.79. The molecule has 0 aliphatic carbocycles. The van der Waals surface area contributed by atoms with Gasteiger partial charge in [0.25, 0.3) is 0 Å². The number of rotatable bonds is 3. The molecule has 1 unspecified atom stereocenters. The topological polar surface area (TPSA) is 41.2 Å². The van der Waals surface area contributed by atoms with Crippen molar-refractivity contribution in [1.82, 2.24) is 14.9 Å². The first kappa shape index (κ1) is 15.6. The molecule has 1 atom stereocenters. The summed E-state index contributed by atoms with van der Waals surface area (Å²) in [6, 6.07) is 19.4. The van der Waals surface area contributed by atoms with E-state index < -0.39 is 0 Å². The summed E-state index contributed by atoms with van der Waals surface area (Å²) >= 11 is 0. The quantitative estimate of drug-likeness (QED) is 0.608. The second-order valence-corrected chi connectivity index (χ2v) is 6.79. The molecule has 1 fully saturated rings. The molecule has 1 aliphatic heterocycles. The van der Waals surface area contributed by atoms with Crippen LogP contribution in [-0.4, -0.2) is 41.2 Å². The highest BCUT2D eigenvalue weighted by atomic mass is 16.5. The average molecular weight is 343 g/mol. The van der Waals surface area contributed by atoms with Crippen LogP contribution in [0.5, 0.6) is 0 Å². The van der Waals surface area contributed by atoms with Gasteiger partial charge in [-0.2, -0.15) is 0 Å². The summed E-state index contributed by atoms with van der Waals surface area (Å²) in [4.78, 5) is 10.7. The first-order valence-electron chi connectivity index (χ1n) is 9.13. The number of ether oxygens (including phenoxy) is 1. The minimum absolute atomic E-state index is 0.128. The smallest absolute Gasteiger partial charge is 0.0784 e. The number of fused-ring (bicyclic) bond motifs is 2. The van der Waals surface area contributed by atoms with Crippen LogP contribution in [0.3, 0.4) is 0 Å². The maximum Gasteiger partial charge on any atom is 0.0784 e. The van der Waals surface area contributed by atoms with Gasteiger partial charge in [0.05, 0.1) is 24.9 Å². The van der Waals surface area contributed by atoms with Crippen LogP contribution in [0.15, 0.2) is 67.0 Å². The Morgan fingerprint density at radius 1 is 0.962 bits per heavy atom. The fourth-order valence-corrected chi connectivity index (χ4v) is 3.98. The van der Waals surface area contributed by atoms with Crippen LogP contribution >= 0.6 is 0 Å². The Morgan fingerprint density at radius 2 is 1.81 bits per heavy atom. The Labute approximate surface area is 152 Å². The van der Waals surface area contributed by atoms with Gasteiger partial charge in [-0.25, -0.2) is 0 Å². The number of nitrogens with zero attached hydrogens (tertiary/aromatic N) is 2. The van der Waals surface area contributed by atoms with E-state index in [2.05, 4.69) is 64.5 Å². The Bertz CT molecular complexity index is 1050. The van der Waals surface area contributed by atoms with E-state index in [-0.39, 0.29) is 6.04 Å². The standard InChI is InChI=1S/C22H21N3O/c1-2-5-17-15-24-21(14-16(17)4-1)22(25-10-12-26-13-11-25)19-6-3-7-20-18(19)8-9-23-20/h1-9,14-15,22-23H,10-13H2. The number of hydrogen-bond donors (Lipinski definition) is 1. The van der Waals surface area contributed by atoms with Crippen LogP contribution in [-0.2, 0) is 4.74 Å². The molecule has 1 saturated heterocycles. The van der Waals surface area contributed by atoms with Gasteiger partial charge in [0, 0.05) is 41.8 Å². The summed E-state index contributed by atoms with van der Waals surface area (Å²) in [5.74, 6) is 0. The zero-order valence-electron chi connectivity index (χ0n) is 14.6.